The van der Waals surface area contributed by atoms with Crippen LogP contribution in [0.15, 0.2) is 36.9 Å². The van der Waals surface area contributed by atoms with E-state index in [0.29, 0.717) is 17.4 Å². The van der Waals surface area contributed by atoms with Gasteiger partial charge >= 0.3 is 10.3 Å². The molecular weight excluding hydrogens is 482 g/mol. The van der Waals surface area contributed by atoms with E-state index in [9.17, 15) is 23.4 Å². The Kier molecular flexibility index (Phi) is 7.13. The van der Waals surface area contributed by atoms with E-state index in [0.717, 1.165) is 12.8 Å². The van der Waals surface area contributed by atoms with E-state index < -0.39 is 41.3 Å². The minimum atomic E-state index is -4.59. The number of aromatic nitrogens is 4. The molecule has 35 heavy (non-hydrogen) atoms. The minimum Gasteiger partial charge on any atom is -0.398 e. The van der Waals surface area contributed by atoms with Gasteiger partial charge in [0.2, 0.25) is 0 Å². The van der Waals surface area contributed by atoms with Gasteiger partial charge in [-0.1, -0.05) is 12.1 Å². The average molecular weight is 508 g/mol. The minimum absolute atomic E-state index is 0.0528. The summed E-state index contributed by atoms with van der Waals surface area (Å²) in [6, 6.07) is 6.21. The number of para-hydroxylation sites is 1. The molecule has 3 atom stereocenters. The Morgan fingerprint density at radius 3 is 2.69 bits per heavy atom. The van der Waals surface area contributed by atoms with Gasteiger partial charge in [-0.25, -0.2) is 19.7 Å². The zero-order valence-corrected chi connectivity index (χ0v) is 19.4. The fourth-order valence-electron chi connectivity index (χ4n) is 3.29. The normalized spacial score (nSPS) is 16.5. The van der Waals surface area contributed by atoms with Crippen LogP contribution in [-0.4, -0.2) is 76.0 Å². The first-order valence-electron chi connectivity index (χ1n) is 10.6. The number of benzene rings is 1. The molecule has 1 aliphatic rings. The van der Waals surface area contributed by atoms with Crippen LogP contribution in [0.25, 0.3) is 11.2 Å². The number of hydrogen-bond acceptors (Lipinski definition) is 12. The number of methoxy groups -OCH3 is 1. The number of nitrogen functional groups attached to an aromatic ring is 1. The van der Waals surface area contributed by atoms with Crippen LogP contribution in [0.3, 0.4) is 0 Å². The second kappa shape index (κ2) is 10.1. The maximum atomic E-state index is 12.2. The predicted molar refractivity (Wildman–Crippen MR) is 123 cm³/mol. The van der Waals surface area contributed by atoms with Gasteiger partial charge < -0.3 is 26.0 Å². The Bertz CT molecular complexity index is 1310. The maximum Gasteiger partial charge on any atom is 0.362 e. The van der Waals surface area contributed by atoms with E-state index in [1.807, 2.05) is 0 Å². The number of imidazole rings is 1. The van der Waals surface area contributed by atoms with E-state index in [1.165, 1.54) is 42.5 Å². The zero-order valence-electron chi connectivity index (χ0n) is 18.6. The number of nitrogens with one attached hydrogen (secondary N) is 2. The predicted octanol–water partition coefficient (Wildman–Crippen LogP) is -0.459. The molecule has 1 aromatic carbocycles. The van der Waals surface area contributed by atoms with Crippen LogP contribution in [0.4, 0.5) is 11.5 Å². The molecule has 0 bridgehead atoms. The van der Waals surface area contributed by atoms with Crippen molar-refractivity contribution in [3.05, 3.63) is 42.5 Å². The molecule has 14 nitrogen and oxygen atoms in total. The van der Waals surface area contributed by atoms with Crippen LogP contribution in [0.5, 0.6) is 0 Å². The van der Waals surface area contributed by atoms with Crippen molar-refractivity contribution >= 4 is 38.9 Å². The number of ether oxygens (including phenoxy) is 1. The first-order valence-corrected chi connectivity index (χ1v) is 12.0. The van der Waals surface area contributed by atoms with Crippen molar-refractivity contribution in [2.45, 2.75) is 37.3 Å². The van der Waals surface area contributed by atoms with E-state index in [4.69, 9.17) is 14.7 Å². The third kappa shape index (κ3) is 5.66. The molecule has 1 amide bonds. The molecule has 2 aromatic heterocycles. The number of amides is 1. The van der Waals surface area contributed by atoms with Crippen LogP contribution in [0, 0.1) is 0 Å². The molecule has 0 radical (unpaired) electrons. The molecule has 6 N–H and O–H groups in total. The van der Waals surface area contributed by atoms with Crippen LogP contribution < -0.4 is 15.8 Å². The number of rotatable bonds is 11. The lowest BCUT2D eigenvalue weighted by Gasteiger charge is -2.26. The third-order valence-corrected chi connectivity index (χ3v) is 6.24. The molecule has 0 aliphatic heterocycles. The summed E-state index contributed by atoms with van der Waals surface area (Å²) in [5.41, 5.74) is 6.37. The van der Waals surface area contributed by atoms with Gasteiger partial charge in [-0.15, -0.1) is 0 Å². The molecule has 188 valence electrons. The quantitative estimate of drug-likeness (QED) is 0.209. The molecule has 1 fully saturated rings. The number of fused-ring (bicyclic) bond motifs is 1. The number of carbonyl (C=O) groups is 1. The van der Waals surface area contributed by atoms with Crippen LogP contribution in [-0.2, 0) is 19.2 Å². The number of aliphatic hydroxyl groups excluding tert-OH is 2. The third-order valence-electron chi connectivity index (χ3n) is 5.36. The molecule has 1 saturated carbocycles. The Hall–Kier alpha value is -3.37. The van der Waals surface area contributed by atoms with E-state index in [1.54, 1.807) is 10.8 Å². The highest BCUT2D eigenvalue weighted by Gasteiger charge is 2.32. The SMILES string of the molecule is CO[C@H](COS(=O)(=O)NC(=O)c1ccccc1N)[C@@H](O)[C@@H](O)n1cnc2c(NC3CC3)ncnc21. The largest absolute Gasteiger partial charge is 0.398 e. The molecule has 0 spiro atoms. The molecule has 4 rings (SSSR count). The highest BCUT2D eigenvalue weighted by atomic mass is 32.2. The standard InChI is InChI=1S/C20H25N7O7S/c1-33-14(8-34-35(31,32)26-19(29)12-4-2-3-5-13(12)21)16(28)20(30)27-10-24-15-17(25-11-6-7-11)22-9-23-18(15)27/h2-5,9-11,14,16,20,28,30H,6-8,21H2,1H3,(H,26,29)(H,22,23,25)/t14-,16-,20-/m1/s1. The van der Waals surface area contributed by atoms with E-state index in [-0.39, 0.29) is 16.9 Å². The van der Waals surface area contributed by atoms with E-state index >= 15 is 0 Å². The highest BCUT2D eigenvalue weighted by molar-refractivity contribution is 7.85. The van der Waals surface area contributed by atoms with Gasteiger partial charge in [0.1, 0.15) is 18.5 Å². The van der Waals surface area contributed by atoms with Crippen molar-refractivity contribution in [2.24, 2.45) is 0 Å². The fourth-order valence-corrected chi connectivity index (χ4v) is 4.00. The maximum absolute atomic E-state index is 12.2. The first-order chi connectivity index (χ1) is 16.7. The summed E-state index contributed by atoms with van der Waals surface area (Å²) in [4.78, 5) is 24.7. The first kappa shape index (κ1) is 24.7. The van der Waals surface area contributed by atoms with Gasteiger partial charge in [-0.3, -0.25) is 13.5 Å². The van der Waals surface area contributed by atoms with Crippen molar-refractivity contribution < 1.29 is 32.3 Å². The van der Waals surface area contributed by atoms with Crippen LogP contribution in [0.1, 0.15) is 29.4 Å². The monoisotopic (exact) mass is 507 g/mol. The van der Waals surface area contributed by atoms with Crippen molar-refractivity contribution in [1.29, 1.82) is 0 Å². The van der Waals surface area contributed by atoms with Crippen LogP contribution >= 0.6 is 0 Å². The van der Waals surface area contributed by atoms with Gasteiger partial charge in [-0.2, -0.15) is 8.42 Å². The van der Waals surface area contributed by atoms with Gasteiger partial charge in [0.15, 0.2) is 23.2 Å². The summed E-state index contributed by atoms with van der Waals surface area (Å²) < 4.78 is 37.3. The number of hydrogen-bond donors (Lipinski definition) is 5. The Morgan fingerprint density at radius 1 is 1.26 bits per heavy atom. The average Bonchev–Trinajstić information content (AvgIpc) is 3.53. The number of carbonyl (C=O) groups excluding carboxylic acids is 1. The fraction of sp³-hybridized carbons (Fsp3) is 0.400. The van der Waals surface area contributed by atoms with Crippen molar-refractivity contribution in [3.63, 3.8) is 0 Å². The molecule has 2 heterocycles. The molecule has 1 aliphatic carbocycles. The summed E-state index contributed by atoms with van der Waals surface area (Å²) in [7, 11) is -3.39. The topological polar surface area (TPSA) is 204 Å². The molecule has 3 aromatic rings. The summed E-state index contributed by atoms with van der Waals surface area (Å²) in [5.74, 6) is -0.483. The summed E-state index contributed by atoms with van der Waals surface area (Å²) >= 11 is 0. The van der Waals surface area contributed by atoms with E-state index in [2.05, 4.69) is 20.3 Å². The van der Waals surface area contributed by atoms with Gasteiger partial charge in [0, 0.05) is 18.8 Å². The number of anilines is 2. The smallest absolute Gasteiger partial charge is 0.362 e. The highest BCUT2D eigenvalue weighted by Crippen LogP contribution is 2.28. The molecule has 0 unspecified atom stereocenters. The van der Waals surface area contributed by atoms with Gasteiger partial charge in [0.05, 0.1) is 18.5 Å². The molecular formula is C20H25N7O7S. The lowest BCUT2D eigenvalue weighted by Crippen LogP contribution is -2.41. The number of aliphatic hydroxyl groups is 2. The van der Waals surface area contributed by atoms with Crippen molar-refractivity contribution in [2.75, 3.05) is 24.8 Å². The molecule has 15 heteroatoms. The van der Waals surface area contributed by atoms with Crippen molar-refractivity contribution in [1.82, 2.24) is 24.2 Å². The Balaban J connectivity index is 1.42. The van der Waals surface area contributed by atoms with Crippen molar-refractivity contribution in [3.8, 4) is 0 Å². The van der Waals surface area contributed by atoms with Gasteiger partial charge in [0.25, 0.3) is 5.91 Å². The second-order valence-corrected chi connectivity index (χ2v) is 9.25. The second-order valence-electron chi connectivity index (χ2n) is 7.90. The van der Waals surface area contributed by atoms with Gasteiger partial charge in [-0.05, 0) is 25.0 Å². The zero-order chi connectivity index (χ0) is 25.2. The summed E-state index contributed by atoms with van der Waals surface area (Å²) in [6.45, 7) is -0.711. The number of nitrogens with zero attached hydrogens (tertiary/aromatic N) is 4. The summed E-state index contributed by atoms with van der Waals surface area (Å²) in [6.07, 6.45) is 0.0511. The number of nitrogens with two attached hydrogens (primary N) is 1. The molecule has 0 saturated heterocycles. The Morgan fingerprint density at radius 2 is 2.00 bits per heavy atom. The summed E-state index contributed by atoms with van der Waals surface area (Å²) in [5, 5.41) is 24.6. The Labute approximate surface area is 200 Å². The lowest BCUT2D eigenvalue weighted by molar-refractivity contribution is -0.112. The van der Waals surface area contributed by atoms with Crippen LogP contribution in [0.2, 0.25) is 0 Å². The lowest BCUT2D eigenvalue weighted by atomic mass is 10.2.